The molecule has 2 heteroatoms. The highest BCUT2D eigenvalue weighted by Gasteiger charge is 2.18. The Hall–Kier alpha value is -2.58. The predicted octanol–water partition coefficient (Wildman–Crippen LogP) is 5.09. The summed E-state index contributed by atoms with van der Waals surface area (Å²) in [5.41, 5.74) is 9.12. The molecule has 0 bridgehead atoms. The van der Waals surface area contributed by atoms with Crippen LogP contribution in [-0.4, -0.2) is 6.04 Å². The highest BCUT2D eigenvalue weighted by molar-refractivity contribution is 6.08. The maximum atomic E-state index is 6.15. The van der Waals surface area contributed by atoms with Gasteiger partial charge < -0.3 is 10.2 Å². The fourth-order valence-electron chi connectivity index (χ4n) is 3.60. The predicted molar refractivity (Wildman–Crippen MR) is 100 cm³/mol. The summed E-state index contributed by atoms with van der Waals surface area (Å²) in [5.74, 6) is 0. The molecule has 1 aromatic heterocycles. The van der Waals surface area contributed by atoms with Gasteiger partial charge in [-0.2, -0.15) is 0 Å². The lowest BCUT2D eigenvalue weighted by Crippen LogP contribution is -2.27. The molecule has 24 heavy (non-hydrogen) atoms. The molecule has 1 aliphatic carbocycles. The third-order valence-electron chi connectivity index (χ3n) is 4.81. The highest BCUT2D eigenvalue weighted by Crippen LogP contribution is 2.32. The standard InChI is InChI=1S/C18H17N.C4H4O/c19-14-8-5-13-7-9-16-15-4-2-1-3-12(15)6-10-17(16)18(13)11-14;1-2-4-5-3-1/h1-4,6-7,9-10,14H,5,8,11,19H2;1-4H. The molecule has 2 nitrogen and oxygen atoms in total. The van der Waals surface area contributed by atoms with Crippen molar-refractivity contribution in [1.29, 1.82) is 0 Å². The zero-order valence-electron chi connectivity index (χ0n) is 13.6. The van der Waals surface area contributed by atoms with Gasteiger partial charge in [0, 0.05) is 6.04 Å². The van der Waals surface area contributed by atoms with E-state index in [1.165, 1.54) is 32.7 Å². The van der Waals surface area contributed by atoms with Crippen LogP contribution in [0.1, 0.15) is 17.5 Å². The number of aryl methyl sites for hydroxylation is 1. The van der Waals surface area contributed by atoms with Crippen molar-refractivity contribution in [1.82, 2.24) is 0 Å². The van der Waals surface area contributed by atoms with Crippen molar-refractivity contribution in [2.24, 2.45) is 5.73 Å². The Balaban J connectivity index is 0.000000252. The van der Waals surface area contributed by atoms with E-state index in [2.05, 4.69) is 52.9 Å². The van der Waals surface area contributed by atoms with Gasteiger partial charge in [-0.05, 0) is 64.1 Å². The van der Waals surface area contributed by atoms with Gasteiger partial charge in [0.05, 0.1) is 12.5 Å². The Morgan fingerprint density at radius 2 is 1.58 bits per heavy atom. The van der Waals surface area contributed by atoms with Gasteiger partial charge in [0.15, 0.2) is 0 Å². The van der Waals surface area contributed by atoms with Crippen LogP contribution in [0, 0.1) is 0 Å². The molecule has 0 saturated heterocycles. The summed E-state index contributed by atoms with van der Waals surface area (Å²) in [6, 6.07) is 21.7. The van der Waals surface area contributed by atoms with Crippen molar-refractivity contribution in [3.63, 3.8) is 0 Å². The topological polar surface area (TPSA) is 39.2 Å². The number of rotatable bonds is 0. The molecule has 5 rings (SSSR count). The van der Waals surface area contributed by atoms with Gasteiger partial charge in [-0.25, -0.2) is 0 Å². The van der Waals surface area contributed by atoms with Crippen LogP contribution < -0.4 is 5.73 Å². The molecule has 0 aliphatic heterocycles. The molecule has 0 saturated carbocycles. The van der Waals surface area contributed by atoms with E-state index in [1.807, 2.05) is 12.1 Å². The zero-order chi connectivity index (χ0) is 16.4. The van der Waals surface area contributed by atoms with Gasteiger partial charge in [0.2, 0.25) is 0 Å². The summed E-state index contributed by atoms with van der Waals surface area (Å²) in [7, 11) is 0. The molecule has 1 atom stereocenters. The maximum absolute atomic E-state index is 6.15. The average Bonchev–Trinajstić information content (AvgIpc) is 3.21. The molecule has 1 unspecified atom stereocenters. The molecular formula is C22H21NO. The van der Waals surface area contributed by atoms with Gasteiger partial charge in [-0.3, -0.25) is 0 Å². The first-order chi connectivity index (χ1) is 11.8. The molecule has 1 aliphatic rings. The van der Waals surface area contributed by atoms with Crippen molar-refractivity contribution in [3.05, 3.63) is 84.3 Å². The van der Waals surface area contributed by atoms with Crippen LogP contribution >= 0.6 is 0 Å². The van der Waals surface area contributed by atoms with Crippen molar-refractivity contribution in [2.75, 3.05) is 0 Å². The Morgan fingerprint density at radius 1 is 0.792 bits per heavy atom. The lowest BCUT2D eigenvalue weighted by molar-refractivity contribution is 0.567. The number of benzene rings is 3. The number of nitrogens with two attached hydrogens (primary N) is 1. The second-order valence-corrected chi connectivity index (χ2v) is 6.38. The molecule has 0 fully saturated rings. The van der Waals surface area contributed by atoms with E-state index in [9.17, 15) is 0 Å². The zero-order valence-corrected chi connectivity index (χ0v) is 13.6. The van der Waals surface area contributed by atoms with E-state index in [4.69, 9.17) is 5.73 Å². The Morgan fingerprint density at radius 3 is 2.38 bits per heavy atom. The first-order valence-corrected chi connectivity index (χ1v) is 8.48. The minimum absolute atomic E-state index is 0.324. The van der Waals surface area contributed by atoms with Crippen LogP contribution in [0.5, 0.6) is 0 Å². The van der Waals surface area contributed by atoms with Crippen LogP contribution in [-0.2, 0) is 12.8 Å². The molecule has 0 radical (unpaired) electrons. The largest absolute Gasteiger partial charge is 0.473 e. The van der Waals surface area contributed by atoms with Crippen molar-refractivity contribution in [2.45, 2.75) is 25.3 Å². The van der Waals surface area contributed by atoms with Gasteiger partial charge in [-0.15, -0.1) is 0 Å². The van der Waals surface area contributed by atoms with Crippen LogP contribution in [0.4, 0.5) is 0 Å². The normalized spacial score (nSPS) is 16.5. The van der Waals surface area contributed by atoms with Crippen LogP contribution in [0.3, 0.4) is 0 Å². The van der Waals surface area contributed by atoms with Crippen molar-refractivity contribution < 1.29 is 4.42 Å². The first-order valence-electron chi connectivity index (χ1n) is 8.48. The van der Waals surface area contributed by atoms with E-state index >= 15 is 0 Å². The van der Waals surface area contributed by atoms with Gasteiger partial charge in [0.25, 0.3) is 0 Å². The highest BCUT2D eigenvalue weighted by atomic mass is 16.3. The lowest BCUT2D eigenvalue weighted by Gasteiger charge is -2.23. The summed E-state index contributed by atoms with van der Waals surface area (Å²) < 4.78 is 4.58. The van der Waals surface area contributed by atoms with Crippen LogP contribution in [0.15, 0.2) is 77.6 Å². The summed E-state index contributed by atoms with van der Waals surface area (Å²) in [6.07, 6.45) is 6.51. The fourth-order valence-corrected chi connectivity index (χ4v) is 3.60. The molecule has 3 aromatic carbocycles. The number of hydrogen-bond donors (Lipinski definition) is 1. The second-order valence-electron chi connectivity index (χ2n) is 6.38. The van der Waals surface area contributed by atoms with E-state index < -0.39 is 0 Å². The maximum Gasteiger partial charge on any atom is 0.0902 e. The number of furan rings is 1. The minimum Gasteiger partial charge on any atom is -0.473 e. The molecule has 2 N–H and O–H groups in total. The third kappa shape index (κ3) is 2.81. The smallest absolute Gasteiger partial charge is 0.0902 e. The van der Waals surface area contributed by atoms with Crippen molar-refractivity contribution >= 4 is 21.5 Å². The van der Waals surface area contributed by atoms with Gasteiger partial charge >= 0.3 is 0 Å². The van der Waals surface area contributed by atoms with E-state index in [-0.39, 0.29) is 0 Å². The molecular weight excluding hydrogens is 294 g/mol. The Bertz CT molecular complexity index is 939. The first kappa shape index (κ1) is 15.0. The molecule has 120 valence electrons. The van der Waals surface area contributed by atoms with E-state index in [0.29, 0.717) is 6.04 Å². The number of fused-ring (bicyclic) bond motifs is 5. The average molecular weight is 315 g/mol. The van der Waals surface area contributed by atoms with Gasteiger partial charge in [0.1, 0.15) is 0 Å². The summed E-state index contributed by atoms with van der Waals surface area (Å²) in [4.78, 5) is 0. The Labute approximate surface area is 141 Å². The van der Waals surface area contributed by atoms with E-state index in [1.54, 1.807) is 12.5 Å². The quantitative estimate of drug-likeness (QED) is 0.459. The third-order valence-corrected chi connectivity index (χ3v) is 4.81. The second kappa shape index (κ2) is 6.50. The molecule has 0 amide bonds. The van der Waals surface area contributed by atoms with Crippen molar-refractivity contribution in [3.8, 4) is 0 Å². The monoisotopic (exact) mass is 315 g/mol. The fraction of sp³-hybridized carbons (Fsp3) is 0.182. The summed E-state index contributed by atoms with van der Waals surface area (Å²) in [6.45, 7) is 0. The lowest BCUT2D eigenvalue weighted by atomic mass is 9.84. The van der Waals surface area contributed by atoms with E-state index in [0.717, 1.165) is 19.3 Å². The Kier molecular flexibility index (Phi) is 4.06. The van der Waals surface area contributed by atoms with Gasteiger partial charge in [-0.1, -0.05) is 48.5 Å². The number of hydrogen-bond acceptors (Lipinski definition) is 2. The SMILES string of the molecule is NC1CCc2ccc3c(ccc4ccccc43)c2C1.c1ccoc1. The minimum atomic E-state index is 0.324. The summed E-state index contributed by atoms with van der Waals surface area (Å²) >= 11 is 0. The molecule has 4 aromatic rings. The molecule has 0 spiro atoms. The molecule has 1 heterocycles. The summed E-state index contributed by atoms with van der Waals surface area (Å²) in [5, 5.41) is 5.43. The van der Waals surface area contributed by atoms with Crippen LogP contribution in [0.25, 0.3) is 21.5 Å². The van der Waals surface area contributed by atoms with Crippen LogP contribution in [0.2, 0.25) is 0 Å².